The lowest BCUT2D eigenvalue weighted by molar-refractivity contribution is -0.144. The average molecular weight is 1200 g/mol. The molecule has 2 saturated heterocycles. The van der Waals surface area contributed by atoms with Crippen molar-refractivity contribution < 1.29 is 100 Å². The van der Waals surface area contributed by atoms with Crippen LogP contribution >= 0.6 is 0 Å². The molecule has 26 nitrogen and oxygen atoms in total. The molecule has 0 spiro atoms. The number of hydrogen-bond acceptors (Lipinski definition) is 20. The fraction of sp³-hybridized carbons (Fsp3) is 0.804. The van der Waals surface area contributed by atoms with Gasteiger partial charge in [0.15, 0.2) is 0 Å². The Balaban J connectivity index is 1.09. The zero-order valence-electron chi connectivity index (χ0n) is 49.3. The molecule has 0 aromatic heterocycles. The van der Waals surface area contributed by atoms with Crippen molar-refractivity contribution >= 4 is 61.2 Å². The molecule has 3 aliphatic heterocycles. The minimum Gasteiger partial charge on any atom is -0.481 e. The number of rotatable bonds is 55. The number of ketones is 1. The second-order valence-electron chi connectivity index (χ2n) is 21.2. The van der Waals surface area contributed by atoms with Gasteiger partial charge < -0.3 is 78.5 Å². The molecule has 2 bridgehead atoms. The van der Waals surface area contributed by atoms with E-state index in [0.29, 0.717) is 164 Å². The Morgan fingerprint density at radius 3 is 1.53 bits per heavy atom. The van der Waals surface area contributed by atoms with Gasteiger partial charge >= 0.3 is 11.9 Å². The molecule has 2 fully saturated rings. The smallest absolute Gasteiger partial charge is 0.305 e. The number of carbonyl (C=O) groups excluding carboxylic acids is 8. The largest absolute Gasteiger partial charge is 0.481 e. The van der Waals surface area contributed by atoms with Crippen LogP contribution in [0, 0.1) is 11.8 Å². The van der Waals surface area contributed by atoms with Gasteiger partial charge in [0.1, 0.15) is 11.8 Å². The first-order chi connectivity index (χ1) is 40.1. The fourth-order valence-corrected chi connectivity index (χ4v) is 9.28. The lowest BCUT2D eigenvalue weighted by atomic mass is 9.85. The van der Waals surface area contributed by atoms with Crippen molar-refractivity contribution in [3.05, 3.63) is 12.2 Å². The van der Waals surface area contributed by atoms with Crippen LogP contribution in [0.3, 0.4) is 0 Å². The van der Waals surface area contributed by atoms with Crippen LogP contribution in [0.25, 0.3) is 0 Å². The zero-order valence-corrected chi connectivity index (χ0v) is 50.3. The number of Topliss-reactive ketones (excluding diaryl/α,β-unsaturated/α-hetero) is 1. The second-order valence-corrected chi connectivity index (χ2v) is 26.8. The monoisotopic (exact) mass is 1200 g/mol. The van der Waals surface area contributed by atoms with E-state index in [0.717, 1.165) is 6.04 Å². The first kappa shape index (κ1) is 72.4. The molecule has 0 aliphatic carbocycles. The molecule has 0 aromatic carbocycles. The minimum absolute atomic E-state index is 0.00249. The molecule has 3 rings (SSSR count). The van der Waals surface area contributed by atoms with E-state index in [1.807, 2.05) is 12.2 Å². The summed E-state index contributed by atoms with van der Waals surface area (Å²) >= 11 is 0. The maximum Gasteiger partial charge on any atom is 0.305 e. The van der Waals surface area contributed by atoms with Crippen molar-refractivity contribution in [3.8, 4) is 0 Å². The fourth-order valence-electron chi connectivity index (χ4n) is 8.57. The third-order valence-corrected chi connectivity index (χ3v) is 14.8. The number of ether oxygens (including phenoxy) is 11. The Bertz CT molecular complexity index is 1930. The molecule has 0 aromatic rings. The molecular formula is C56H95N5O21Si. The predicted molar refractivity (Wildman–Crippen MR) is 302 cm³/mol. The van der Waals surface area contributed by atoms with Gasteiger partial charge in [-0.25, -0.2) is 0 Å². The molecule has 5 N–H and O–H groups in total. The van der Waals surface area contributed by atoms with E-state index in [-0.39, 0.29) is 107 Å². The molecule has 4 unspecified atom stereocenters. The number of nitrogens with zero attached hydrogens (tertiary/aromatic N) is 1. The average Bonchev–Trinajstić information content (AvgIpc) is 4.27. The number of carboxylic acids is 1. The highest BCUT2D eigenvalue weighted by Gasteiger charge is 2.60. The number of amides is 6. The zero-order chi connectivity index (χ0) is 60.3. The molecule has 3 aliphatic rings. The number of likely N-dealkylation sites (tertiary alicyclic amines) is 1. The van der Waals surface area contributed by atoms with E-state index >= 15 is 0 Å². The molecule has 6 amide bonds. The van der Waals surface area contributed by atoms with Gasteiger partial charge in [-0.15, -0.1) is 0 Å². The number of carboxylic acid groups (broad SMARTS) is 1. The molecule has 3 heterocycles. The Morgan fingerprint density at radius 1 is 0.506 bits per heavy atom. The summed E-state index contributed by atoms with van der Waals surface area (Å²) in [6.45, 7) is 13.8. The molecular weight excluding hydrogens is 1110 g/mol. The molecule has 83 heavy (non-hydrogen) atoms. The van der Waals surface area contributed by atoms with Crippen LogP contribution in [0.2, 0.25) is 25.7 Å². The lowest BCUT2D eigenvalue weighted by Gasteiger charge is -2.20. The van der Waals surface area contributed by atoms with Crippen molar-refractivity contribution in [2.24, 2.45) is 11.8 Å². The van der Waals surface area contributed by atoms with Crippen LogP contribution in [0.5, 0.6) is 0 Å². The van der Waals surface area contributed by atoms with E-state index in [9.17, 15) is 43.2 Å². The molecule has 5 atom stereocenters. The molecule has 0 radical (unpaired) electrons. The van der Waals surface area contributed by atoms with Crippen LogP contribution in [0.1, 0.15) is 83.5 Å². The maximum absolute atomic E-state index is 13.3. The highest BCUT2D eigenvalue weighted by Crippen LogP contribution is 2.45. The Labute approximate surface area is 489 Å². The lowest BCUT2D eigenvalue weighted by Crippen LogP contribution is -2.47. The standard InChI is InChI=1S/C56H95N5O21Si/c1-83(2,3)42-41-81-51(68)12-6-20-59-54(69)44(60-49(65)11-7-22-61-55(70)52-45-13-14-46(82-45)53(52)56(61)71)10-4-5-19-57-47(63)16-25-74-31-37-78-35-29-72-23-8-9-43(62)15-24-73-30-36-79-38-32-75-26-17-48(64)58-21-28-77-34-40-80-39-33-76-27-18-50(66)67/h13-14,44-46,52-53H,4-12,15-42H2,1-3H3,(H,57,63)(H,58,64)(H,59,69)(H,60,65)(H,66,67)/t44-,45?,46?,52?,53?/m0/s1. The number of esters is 1. The number of aliphatic carboxylic acids is 1. The number of fused-ring (bicyclic) bond motifs is 5. The Kier molecular flexibility index (Phi) is 39.0. The first-order valence-electron chi connectivity index (χ1n) is 29.4. The van der Waals surface area contributed by atoms with Gasteiger partial charge in [0, 0.05) is 79.4 Å². The van der Waals surface area contributed by atoms with Crippen molar-refractivity contribution in [1.82, 2.24) is 26.2 Å². The molecule has 0 saturated carbocycles. The van der Waals surface area contributed by atoms with Crippen molar-refractivity contribution in [3.63, 3.8) is 0 Å². The number of unbranched alkanes of at least 4 members (excludes halogenated alkanes) is 1. The Morgan fingerprint density at radius 2 is 0.988 bits per heavy atom. The van der Waals surface area contributed by atoms with E-state index in [1.165, 1.54) is 4.90 Å². The van der Waals surface area contributed by atoms with Crippen LogP contribution in [0.15, 0.2) is 12.2 Å². The Hall–Kier alpha value is -4.81. The van der Waals surface area contributed by atoms with Crippen LogP contribution < -0.4 is 21.3 Å². The summed E-state index contributed by atoms with van der Waals surface area (Å²) in [5.41, 5.74) is 0. The summed E-state index contributed by atoms with van der Waals surface area (Å²) in [5.74, 6) is -3.88. The summed E-state index contributed by atoms with van der Waals surface area (Å²) in [6.07, 6.45) is 6.55. The van der Waals surface area contributed by atoms with Gasteiger partial charge in [0.05, 0.1) is 149 Å². The van der Waals surface area contributed by atoms with E-state index in [4.69, 9.17) is 57.2 Å². The van der Waals surface area contributed by atoms with Crippen molar-refractivity contribution in [2.75, 3.05) is 152 Å². The van der Waals surface area contributed by atoms with Crippen LogP contribution in [-0.2, 0) is 95.3 Å². The third-order valence-electron chi connectivity index (χ3n) is 13.1. The van der Waals surface area contributed by atoms with E-state index < -0.39 is 55.9 Å². The van der Waals surface area contributed by atoms with E-state index in [1.54, 1.807) is 0 Å². The van der Waals surface area contributed by atoms with Gasteiger partial charge in [-0.1, -0.05) is 31.8 Å². The number of hydrogen-bond donors (Lipinski definition) is 5. The van der Waals surface area contributed by atoms with Gasteiger partial charge in [-0.2, -0.15) is 0 Å². The van der Waals surface area contributed by atoms with Gasteiger partial charge in [0.25, 0.3) is 0 Å². The normalized spacial score (nSPS) is 17.4. The van der Waals surface area contributed by atoms with Crippen LogP contribution in [0.4, 0.5) is 0 Å². The minimum atomic E-state index is -1.34. The van der Waals surface area contributed by atoms with Crippen LogP contribution in [-0.4, -0.2) is 241 Å². The number of nitrogens with one attached hydrogen (secondary N) is 4. The highest BCUT2D eigenvalue weighted by molar-refractivity contribution is 6.76. The quantitative estimate of drug-likeness (QED) is 0.0189. The summed E-state index contributed by atoms with van der Waals surface area (Å²) < 4.78 is 59.8. The topological polar surface area (TPSA) is 327 Å². The maximum atomic E-state index is 13.3. The van der Waals surface area contributed by atoms with E-state index in [2.05, 4.69) is 40.9 Å². The van der Waals surface area contributed by atoms with Crippen molar-refractivity contribution in [1.29, 1.82) is 0 Å². The SMILES string of the molecule is C[Si](C)(C)CCOC(=O)CCCNC(=O)[C@H](CCCCNC(=O)CCOCCOCCOCCCC(=O)CCOCCOCCOCCC(=O)NCCOCCOCCOCCC(=O)O)NC(=O)CCCN1C(=O)C2C3C=CC(O3)C2C1=O. The van der Waals surface area contributed by atoms with Gasteiger partial charge in [-0.05, 0) is 44.6 Å². The summed E-state index contributed by atoms with van der Waals surface area (Å²) in [6, 6.07) is -0.00233. The third kappa shape index (κ3) is 34.7. The predicted octanol–water partition coefficient (Wildman–Crippen LogP) is 1.51. The number of carbonyl (C=O) groups is 9. The van der Waals surface area contributed by atoms with Gasteiger partial charge in [-0.3, -0.25) is 48.1 Å². The second kappa shape index (κ2) is 44.6. The van der Waals surface area contributed by atoms with Gasteiger partial charge in [0.2, 0.25) is 35.4 Å². The summed E-state index contributed by atoms with van der Waals surface area (Å²) in [7, 11) is -1.34. The molecule has 27 heteroatoms. The summed E-state index contributed by atoms with van der Waals surface area (Å²) in [4.78, 5) is 113. The first-order valence-corrected chi connectivity index (χ1v) is 33.1. The molecule has 474 valence electrons. The highest BCUT2D eigenvalue weighted by atomic mass is 28.3. The number of imide groups is 1. The summed E-state index contributed by atoms with van der Waals surface area (Å²) in [5, 5.41) is 19.7. The van der Waals surface area contributed by atoms with Crippen molar-refractivity contribution in [2.45, 2.75) is 127 Å².